The molecule has 1 heterocycles. The van der Waals surface area contributed by atoms with E-state index in [9.17, 15) is 10.1 Å². The monoisotopic (exact) mass is 301 g/mol. The molecule has 1 saturated heterocycles. The average molecular weight is 301 g/mol. The van der Waals surface area contributed by atoms with Crippen LogP contribution in [0.2, 0.25) is 0 Å². The van der Waals surface area contributed by atoms with Crippen LogP contribution in [0, 0.1) is 27.4 Å². The van der Waals surface area contributed by atoms with Crippen molar-refractivity contribution in [3.05, 3.63) is 52.1 Å². The van der Waals surface area contributed by atoms with Crippen molar-refractivity contribution in [1.82, 2.24) is 0 Å². The van der Waals surface area contributed by atoms with E-state index in [-0.39, 0.29) is 11.1 Å². The zero-order chi connectivity index (χ0) is 15.4. The zero-order valence-corrected chi connectivity index (χ0v) is 12.5. The number of hydrogen-bond acceptors (Lipinski definition) is 4. The lowest BCUT2D eigenvalue weighted by Gasteiger charge is -2.46. The molecule has 22 heavy (non-hydrogen) atoms. The van der Waals surface area contributed by atoms with E-state index in [1.807, 2.05) is 6.92 Å². The molecule has 1 aromatic carbocycles. The lowest BCUT2D eigenvalue weighted by atomic mass is 9.76. The molecule has 0 unspecified atom stereocenters. The van der Waals surface area contributed by atoms with Gasteiger partial charge in [0, 0.05) is 23.1 Å². The molecule has 0 N–H and O–H groups in total. The lowest BCUT2D eigenvalue weighted by Crippen LogP contribution is -2.48. The maximum absolute atomic E-state index is 10.7. The lowest BCUT2D eigenvalue weighted by molar-refractivity contribution is -0.385. The molecule has 0 radical (unpaired) electrons. The van der Waals surface area contributed by atoms with Crippen LogP contribution in [-0.4, -0.2) is 18.1 Å². The summed E-state index contributed by atoms with van der Waals surface area (Å²) in [4.78, 5) is 10.4. The summed E-state index contributed by atoms with van der Waals surface area (Å²) in [5, 5.41) is 10.7. The number of nitro groups is 1. The summed E-state index contributed by atoms with van der Waals surface area (Å²) in [7, 11) is 0. The minimum atomic E-state index is -0.814. The van der Waals surface area contributed by atoms with Gasteiger partial charge in [-0.25, -0.2) is 0 Å². The standard InChI is InChI=1S/C17H19NO4/c1-16(13-4-6-15(7-5-13)18(19)20)21-10-17(11-22-16)9-12-2-3-14(17)8-12/h2-7,12,14H,8-11H2,1H3/t12-,14+,16?,17?/m1/s1. The topological polar surface area (TPSA) is 61.6 Å². The fraction of sp³-hybridized carbons (Fsp3) is 0.529. The van der Waals surface area contributed by atoms with Crippen LogP contribution in [-0.2, 0) is 15.3 Å². The minimum absolute atomic E-state index is 0.0814. The Morgan fingerprint density at radius 2 is 1.86 bits per heavy atom. The van der Waals surface area contributed by atoms with Crippen molar-refractivity contribution in [1.29, 1.82) is 0 Å². The molecule has 1 spiro atoms. The number of hydrogen-bond donors (Lipinski definition) is 0. The van der Waals surface area contributed by atoms with E-state index >= 15 is 0 Å². The van der Waals surface area contributed by atoms with Crippen LogP contribution < -0.4 is 0 Å². The van der Waals surface area contributed by atoms with Crippen molar-refractivity contribution in [2.24, 2.45) is 17.3 Å². The highest BCUT2D eigenvalue weighted by Gasteiger charge is 2.53. The van der Waals surface area contributed by atoms with E-state index in [1.165, 1.54) is 18.6 Å². The molecule has 5 heteroatoms. The van der Waals surface area contributed by atoms with Crippen molar-refractivity contribution in [3.8, 4) is 0 Å². The second-order valence-corrected chi connectivity index (χ2v) is 6.88. The second-order valence-electron chi connectivity index (χ2n) is 6.88. The van der Waals surface area contributed by atoms with Crippen LogP contribution in [0.15, 0.2) is 36.4 Å². The van der Waals surface area contributed by atoms with Gasteiger partial charge in [0.25, 0.3) is 5.69 Å². The Kier molecular flexibility index (Phi) is 2.93. The molecule has 1 aliphatic heterocycles. The van der Waals surface area contributed by atoms with E-state index in [0.717, 1.165) is 12.0 Å². The van der Waals surface area contributed by atoms with Crippen LogP contribution in [0.1, 0.15) is 25.3 Å². The van der Waals surface area contributed by atoms with Crippen molar-refractivity contribution >= 4 is 5.69 Å². The van der Waals surface area contributed by atoms with Gasteiger partial charge >= 0.3 is 0 Å². The van der Waals surface area contributed by atoms with E-state index in [0.29, 0.717) is 25.0 Å². The van der Waals surface area contributed by atoms with Crippen LogP contribution in [0.5, 0.6) is 0 Å². The zero-order valence-electron chi connectivity index (χ0n) is 12.5. The highest BCUT2D eigenvalue weighted by atomic mass is 16.7. The van der Waals surface area contributed by atoms with E-state index in [2.05, 4.69) is 12.2 Å². The van der Waals surface area contributed by atoms with Gasteiger partial charge in [0.05, 0.1) is 18.1 Å². The van der Waals surface area contributed by atoms with E-state index < -0.39 is 10.7 Å². The number of ether oxygens (including phenoxy) is 2. The first-order valence-electron chi connectivity index (χ1n) is 7.72. The summed E-state index contributed by atoms with van der Waals surface area (Å²) in [6.45, 7) is 3.27. The summed E-state index contributed by atoms with van der Waals surface area (Å²) in [5.74, 6) is 0.436. The number of fused-ring (bicyclic) bond motifs is 3. The molecule has 5 nitrogen and oxygen atoms in total. The molecule has 2 aliphatic carbocycles. The first kappa shape index (κ1) is 13.9. The molecule has 0 amide bonds. The van der Waals surface area contributed by atoms with Crippen molar-refractivity contribution in [2.75, 3.05) is 13.2 Å². The Balaban J connectivity index is 1.52. The van der Waals surface area contributed by atoms with Gasteiger partial charge in [0.15, 0.2) is 5.79 Å². The number of rotatable bonds is 2. The first-order valence-corrected chi connectivity index (χ1v) is 7.72. The Morgan fingerprint density at radius 3 is 2.36 bits per heavy atom. The molecular weight excluding hydrogens is 282 g/mol. The summed E-state index contributed by atoms with van der Waals surface area (Å²) < 4.78 is 12.2. The van der Waals surface area contributed by atoms with Crippen molar-refractivity contribution in [3.63, 3.8) is 0 Å². The average Bonchev–Trinajstić information content (AvgIpc) is 3.12. The maximum atomic E-state index is 10.7. The van der Waals surface area contributed by atoms with Crippen LogP contribution in [0.3, 0.4) is 0 Å². The SMILES string of the molecule is CC1(c2ccc([N+](=O)[O-])cc2)OCC2(CO1)C[C@@H]1C=C[C@H]2C1. The highest BCUT2D eigenvalue weighted by molar-refractivity contribution is 5.34. The fourth-order valence-electron chi connectivity index (χ4n) is 4.08. The molecule has 1 aromatic rings. The van der Waals surface area contributed by atoms with E-state index in [4.69, 9.17) is 9.47 Å². The smallest absolute Gasteiger partial charge is 0.269 e. The van der Waals surface area contributed by atoms with Gasteiger partial charge in [-0.3, -0.25) is 10.1 Å². The van der Waals surface area contributed by atoms with Gasteiger partial charge in [-0.2, -0.15) is 0 Å². The van der Waals surface area contributed by atoms with E-state index in [1.54, 1.807) is 12.1 Å². The van der Waals surface area contributed by atoms with Crippen LogP contribution in [0.25, 0.3) is 0 Å². The summed E-state index contributed by atoms with van der Waals surface area (Å²) in [6, 6.07) is 6.43. The quantitative estimate of drug-likeness (QED) is 0.477. The molecule has 2 fully saturated rings. The second kappa shape index (κ2) is 4.64. The van der Waals surface area contributed by atoms with Crippen LogP contribution >= 0.6 is 0 Å². The molecule has 116 valence electrons. The number of benzene rings is 1. The first-order chi connectivity index (χ1) is 10.5. The molecule has 2 bridgehead atoms. The van der Waals surface area contributed by atoms with Gasteiger partial charge < -0.3 is 9.47 Å². The normalized spacial score (nSPS) is 39.5. The number of non-ortho nitro benzene ring substituents is 1. The fourth-order valence-corrected chi connectivity index (χ4v) is 4.08. The van der Waals surface area contributed by atoms with Gasteiger partial charge in [0.2, 0.25) is 0 Å². The highest BCUT2D eigenvalue weighted by Crippen LogP contribution is 2.55. The molecule has 0 aromatic heterocycles. The summed E-state index contributed by atoms with van der Waals surface area (Å²) in [5.41, 5.74) is 1.03. The molecule has 3 aliphatic rings. The molecule has 4 rings (SSSR count). The summed E-state index contributed by atoms with van der Waals surface area (Å²) in [6.07, 6.45) is 7.00. The largest absolute Gasteiger partial charge is 0.345 e. The predicted molar refractivity (Wildman–Crippen MR) is 80.1 cm³/mol. The third-order valence-corrected chi connectivity index (χ3v) is 5.50. The molecular formula is C17H19NO4. The van der Waals surface area contributed by atoms with Gasteiger partial charge in [-0.15, -0.1) is 0 Å². The summed E-state index contributed by atoms with van der Waals surface area (Å²) >= 11 is 0. The van der Waals surface area contributed by atoms with Gasteiger partial charge in [-0.05, 0) is 43.7 Å². The van der Waals surface area contributed by atoms with Crippen LogP contribution in [0.4, 0.5) is 5.69 Å². The number of nitro benzene ring substituents is 1. The van der Waals surface area contributed by atoms with Gasteiger partial charge in [0.1, 0.15) is 0 Å². The van der Waals surface area contributed by atoms with Crippen molar-refractivity contribution < 1.29 is 14.4 Å². The minimum Gasteiger partial charge on any atom is -0.345 e. The maximum Gasteiger partial charge on any atom is 0.269 e. The third-order valence-electron chi connectivity index (χ3n) is 5.50. The Morgan fingerprint density at radius 1 is 1.18 bits per heavy atom. The third kappa shape index (κ3) is 2.00. The molecule has 2 atom stereocenters. The number of allylic oxidation sites excluding steroid dienone is 2. The Hall–Kier alpha value is -1.72. The Labute approximate surface area is 129 Å². The van der Waals surface area contributed by atoms with Gasteiger partial charge in [-0.1, -0.05) is 12.2 Å². The number of nitrogens with zero attached hydrogens (tertiary/aromatic N) is 1. The molecule has 1 saturated carbocycles. The Bertz CT molecular complexity index is 629. The van der Waals surface area contributed by atoms with Crippen molar-refractivity contribution in [2.45, 2.75) is 25.6 Å². The predicted octanol–water partition coefficient (Wildman–Crippen LogP) is 3.40.